The third-order valence-corrected chi connectivity index (χ3v) is 4.29. The van der Waals surface area contributed by atoms with Crippen LogP contribution in [0.5, 0.6) is 17.2 Å². The lowest BCUT2D eigenvalue weighted by Gasteiger charge is -2.09. The molecule has 4 rings (SSSR count). The van der Waals surface area contributed by atoms with E-state index in [-0.39, 0.29) is 6.79 Å². The molecule has 0 radical (unpaired) electrons. The van der Waals surface area contributed by atoms with Gasteiger partial charge in [-0.05, 0) is 42.3 Å². The van der Waals surface area contributed by atoms with E-state index in [1.54, 1.807) is 7.11 Å². The maximum absolute atomic E-state index is 5.46. The van der Waals surface area contributed by atoms with Crippen LogP contribution in [0.25, 0.3) is 10.9 Å². The van der Waals surface area contributed by atoms with Gasteiger partial charge in [0.15, 0.2) is 11.5 Å². The lowest BCUT2D eigenvalue weighted by atomic mass is 10.1. The highest BCUT2D eigenvalue weighted by atomic mass is 16.7. The number of H-pyrrole nitrogens is 1. The summed E-state index contributed by atoms with van der Waals surface area (Å²) in [4.78, 5) is 3.32. The molecule has 0 atom stereocenters. The summed E-state index contributed by atoms with van der Waals surface area (Å²) in [6.07, 6.45) is 3.07. The number of ether oxygens (including phenoxy) is 3. The van der Waals surface area contributed by atoms with Crippen molar-refractivity contribution < 1.29 is 14.2 Å². The summed E-state index contributed by atoms with van der Waals surface area (Å²) in [7, 11) is 1.64. The average molecular weight is 324 g/mol. The minimum Gasteiger partial charge on any atom is -0.493 e. The molecule has 0 amide bonds. The zero-order valence-corrected chi connectivity index (χ0v) is 13.6. The normalized spacial score (nSPS) is 12.7. The number of hydrogen-bond donors (Lipinski definition) is 2. The molecular formula is C19H20N2O3. The summed E-state index contributed by atoms with van der Waals surface area (Å²) in [6, 6.07) is 12.4. The van der Waals surface area contributed by atoms with Crippen molar-refractivity contribution in [2.45, 2.75) is 13.0 Å². The summed E-state index contributed by atoms with van der Waals surface area (Å²) < 4.78 is 16.3. The van der Waals surface area contributed by atoms with Crippen molar-refractivity contribution in [2.24, 2.45) is 0 Å². The summed E-state index contributed by atoms with van der Waals surface area (Å²) in [5, 5.41) is 4.78. The van der Waals surface area contributed by atoms with Crippen LogP contribution in [0.15, 0.2) is 42.6 Å². The summed E-state index contributed by atoms with van der Waals surface area (Å²) in [5.41, 5.74) is 3.64. The third kappa shape index (κ3) is 2.78. The molecule has 0 spiro atoms. The number of hydrogen-bond acceptors (Lipinski definition) is 4. The molecule has 2 heterocycles. The van der Waals surface area contributed by atoms with Gasteiger partial charge in [-0.2, -0.15) is 0 Å². The van der Waals surface area contributed by atoms with E-state index >= 15 is 0 Å². The van der Waals surface area contributed by atoms with Crippen molar-refractivity contribution in [3.05, 3.63) is 53.7 Å². The van der Waals surface area contributed by atoms with E-state index in [4.69, 9.17) is 14.2 Å². The molecule has 5 nitrogen and oxygen atoms in total. The van der Waals surface area contributed by atoms with Crippen LogP contribution in [0.4, 0.5) is 0 Å². The summed E-state index contributed by atoms with van der Waals surface area (Å²) >= 11 is 0. The first kappa shape index (κ1) is 14.9. The molecule has 0 bridgehead atoms. The second-order valence-electron chi connectivity index (χ2n) is 5.82. The van der Waals surface area contributed by atoms with Crippen LogP contribution < -0.4 is 19.5 Å². The number of rotatable bonds is 6. The van der Waals surface area contributed by atoms with E-state index in [1.807, 2.05) is 18.2 Å². The molecule has 0 fully saturated rings. The Balaban J connectivity index is 1.38. The quantitative estimate of drug-likeness (QED) is 0.684. The predicted octanol–water partition coefficient (Wildman–Crippen LogP) is 3.24. The Bertz CT molecular complexity index is 857. The zero-order chi connectivity index (χ0) is 16.4. The second kappa shape index (κ2) is 6.45. The highest BCUT2D eigenvalue weighted by Crippen LogP contribution is 2.41. The van der Waals surface area contributed by atoms with Crippen molar-refractivity contribution in [1.29, 1.82) is 0 Å². The van der Waals surface area contributed by atoms with Gasteiger partial charge < -0.3 is 24.5 Å². The Kier molecular flexibility index (Phi) is 4.01. The molecule has 1 aliphatic heterocycles. The molecule has 2 N–H and O–H groups in total. The molecule has 1 aromatic heterocycles. The number of benzene rings is 2. The molecular weight excluding hydrogens is 304 g/mol. The smallest absolute Gasteiger partial charge is 0.231 e. The van der Waals surface area contributed by atoms with Crippen molar-refractivity contribution >= 4 is 10.9 Å². The van der Waals surface area contributed by atoms with Crippen molar-refractivity contribution in [3.63, 3.8) is 0 Å². The van der Waals surface area contributed by atoms with E-state index in [9.17, 15) is 0 Å². The molecule has 0 saturated carbocycles. The van der Waals surface area contributed by atoms with Crippen molar-refractivity contribution in [2.75, 3.05) is 20.4 Å². The van der Waals surface area contributed by atoms with Gasteiger partial charge in [-0.1, -0.05) is 18.2 Å². The largest absolute Gasteiger partial charge is 0.493 e. The highest BCUT2D eigenvalue weighted by Gasteiger charge is 2.19. The number of para-hydroxylation sites is 1. The third-order valence-electron chi connectivity index (χ3n) is 4.29. The van der Waals surface area contributed by atoms with Crippen LogP contribution in [0.2, 0.25) is 0 Å². The van der Waals surface area contributed by atoms with E-state index in [0.717, 1.165) is 36.6 Å². The summed E-state index contributed by atoms with van der Waals surface area (Å²) in [6.45, 7) is 1.91. The molecule has 1 aliphatic rings. The first-order valence-corrected chi connectivity index (χ1v) is 8.07. The van der Waals surface area contributed by atoms with Crippen LogP contribution in [0.1, 0.15) is 11.1 Å². The van der Waals surface area contributed by atoms with E-state index in [1.165, 1.54) is 16.5 Å². The topological polar surface area (TPSA) is 55.5 Å². The van der Waals surface area contributed by atoms with Gasteiger partial charge in [0, 0.05) is 23.6 Å². The van der Waals surface area contributed by atoms with Crippen molar-refractivity contribution in [1.82, 2.24) is 10.3 Å². The molecule has 0 aliphatic carbocycles. The standard InChI is InChI=1S/C19H20N2O3/c1-22-17-8-13(9-18-19(17)24-12-23-18)10-20-7-6-14-11-21-16-5-3-2-4-15(14)16/h2-5,8-9,11,20-21H,6-7,10,12H2,1H3. The minimum atomic E-state index is 0.253. The van der Waals surface area contributed by atoms with Crippen LogP contribution in [0, 0.1) is 0 Å². The molecule has 5 heteroatoms. The van der Waals surface area contributed by atoms with Gasteiger partial charge in [-0.25, -0.2) is 0 Å². The monoisotopic (exact) mass is 324 g/mol. The number of fused-ring (bicyclic) bond motifs is 2. The minimum absolute atomic E-state index is 0.253. The molecule has 2 aromatic carbocycles. The van der Waals surface area contributed by atoms with E-state index in [0.29, 0.717) is 5.75 Å². The Morgan fingerprint density at radius 2 is 2.12 bits per heavy atom. The van der Waals surface area contributed by atoms with Gasteiger partial charge in [0.2, 0.25) is 12.5 Å². The highest BCUT2D eigenvalue weighted by molar-refractivity contribution is 5.83. The molecule has 0 unspecified atom stereocenters. The Morgan fingerprint density at radius 1 is 1.21 bits per heavy atom. The van der Waals surface area contributed by atoms with Crippen LogP contribution in [0.3, 0.4) is 0 Å². The van der Waals surface area contributed by atoms with Gasteiger partial charge in [-0.3, -0.25) is 0 Å². The zero-order valence-electron chi connectivity index (χ0n) is 13.6. The lowest BCUT2D eigenvalue weighted by molar-refractivity contribution is 0.171. The van der Waals surface area contributed by atoms with E-state index in [2.05, 4.69) is 34.7 Å². The molecule has 124 valence electrons. The second-order valence-corrected chi connectivity index (χ2v) is 5.82. The van der Waals surface area contributed by atoms with Crippen LogP contribution >= 0.6 is 0 Å². The van der Waals surface area contributed by atoms with Gasteiger partial charge in [0.1, 0.15) is 0 Å². The average Bonchev–Trinajstić information content (AvgIpc) is 3.25. The van der Waals surface area contributed by atoms with Gasteiger partial charge in [0.05, 0.1) is 7.11 Å². The lowest BCUT2D eigenvalue weighted by Crippen LogP contribution is -2.16. The van der Waals surface area contributed by atoms with Gasteiger partial charge >= 0.3 is 0 Å². The molecule has 0 saturated heterocycles. The molecule has 24 heavy (non-hydrogen) atoms. The van der Waals surface area contributed by atoms with E-state index < -0.39 is 0 Å². The predicted molar refractivity (Wildman–Crippen MR) is 92.8 cm³/mol. The van der Waals surface area contributed by atoms with Gasteiger partial charge in [-0.15, -0.1) is 0 Å². The number of nitrogens with one attached hydrogen (secondary N) is 2. The maximum atomic E-state index is 5.46. The SMILES string of the molecule is COc1cc(CNCCc2c[nH]c3ccccc23)cc2c1OCO2. The first-order valence-electron chi connectivity index (χ1n) is 8.07. The Labute approximate surface area is 140 Å². The number of aromatic nitrogens is 1. The summed E-state index contributed by atoms with van der Waals surface area (Å²) in [5.74, 6) is 2.17. The maximum Gasteiger partial charge on any atom is 0.231 e. The Hall–Kier alpha value is -2.66. The van der Waals surface area contributed by atoms with Crippen LogP contribution in [-0.2, 0) is 13.0 Å². The molecule has 3 aromatic rings. The van der Waals surface area contributed by atoms with Crippen molar-refractivity contribution in [3.8, 4) is 17.2 Å². The fourth-order valence-corrected chi connectivity index (χ4v) is 3.08. The Morgan fingerprint density at radius 3 is 3.04 bits per heavy atom. The first-order chi connectivity index (χ1) is 11.8. The number of aromatic amines is 1. The fraction of sp³-hybridized carbons (Fsp3) is 0.263. The van der Waals surface area contributed by atoms with Crippen LogP contribution in [-0.4, -0.2) is 25.4 Å². The van der Waals surface area contributed by atoms with Gasteiger partial charge in [0.25, 0.3) is 0 Å². The fourth-order valence-electron chi connectivity index (χ4n) is 3.08. The number of methoxy groups -OCH3 is 1.